The molecule has 0 aliphatic rings. The lowest BCUT2D eigenvalue weighted by Crippen LogP contribution is -2.30. The van der Waals surface area contributed by atoms with Crippen molar-refractivity contribution in [2.75, 3.05) is 33.9 Å². The standard InChI is InChI=1S/C27H27N3O5S/c1-16-5-4-6-19-20(15-36-26(16)19)21-12-18(33-2)13-22(30-21)23(31)14-29-27(32)17-7-8-24(35-10-9-28)25(11-17)34-3/h4-8,11-13,15H,9-10,14,28H2,1-3H3,(H,29,32). The monoisotopic (exact) mass is 505 g/mol. The van der Waals surface area contributed by atoms with Crippen molar-refractivity contribution in [2.24, 2.45) is 5.73 Å². The number of hydrogen-bond donors (Lipinski definition) is 2. The van der Waals surface area contributed by atoms with Crippen LogP contribution in [-0.2, 0) is 0 Å². The Morgan fingerprint density at radius 2 is 1.89 bits per heavy atom. The molecule has 2 aromatic carbocycles. The van der Waals surface area contributed by atoms with Gasteiger partial charge in [0.2, 0.25) is 0 Å². The highest BCUT2D eigenvalue weighted by Gasteiger charge is 2.17. The normalized spacial score (nSPS) is 10.8. The van der Waals surface area contributed by atoms with Gasteiger partial charge in [-0.2, -0.15) is 0 Å². The number of methoxy groups -OCH3 is 2. The smallest absolute Gasteiger partial charge is 0.251 e. The molecule has 9 heteroatoms. The van der Waals surface area contributed by atoms with Gasteiger partial charge in [-0.15, -0.1) is 11.3 Å². The van der Waals surface area contributed by atoms with Gasteiger partial charge in [0.05, 0.1) is 26.5 Å². The zero-order valence-electron chi connectivity index (χ0n) is 20.3. The van der Waals surface area contributed by atoms with E-state index in [0.29, 0.717) is 41.7 Å². The Labute approximate surface area is 213 Å². The molecular formula is C27H27N3O5S. The third kappa shape index (κ3) is 5.32. The third-order valence-corrected chi connectivity index (χ3v) is 6.73. The summed E-state index contributed by atoms with van der Waals surface area (Å²) in [5.41, 5.74) is 8.76. The molecule has 0 saturated carbocycles. The summed E-state index contributed by atoms with van der Waals surface area (Å²) < 4.78 is 17.4. The number of fused-ring (bicyclic) bond motifs is 1. The van der Waals surface area contributed by atoms with Gasteiger partial charge in [0.25, 0.3) is 5.91 Å². The SMILES string of the molecule is COc1cc(C(=O)CNC(=O)c2ccc(OCCN)c(OC)c2)nc(-c2csc3c(C)cccc23)c1. The minimum atomic E-state index is -0.422. The molecular weight excluding hydrogens is 478 g/mol. The van der Waals surface area contributed by atoms with E-state index in [1.165, 1.54) is 17.4 Å². The molecule has 0 atom stereocenters. The van der Waals surface area contributed by atoms with Gasteiger partial charge in [0.15, 0.2) is 17.3 Å². The molecule has 0 radical (unpaired) electrons. The number of aryl methyl sites for hydroxylation is 1. The van der Waals surface area contributed by atoms with Crippen molar-refractivity contribution in [1.82, 2.24) is 10.3 Å². The maximum Gasteiger partial charge on any atom is 0.251 e. The molecule has 0 saturated heterocycles. The van der Waals surface area contributed by atoms with Crippen molar-refractivity contribution < 1.29 is 23.8 Å². The highest BCUT2D eigenvalue weighted by molar-refractivity contribution is 7.18. The Kier molecular flexibility index (Phi) is 7.82. The number of ketones is 1. The summed E-state index contributed by atoms with van der Waals surface area (Å²) in [6.07, 6.45) is 0. The zero-order valence-corrected chi connectivity index (χ0v) is 21.1. The Bertz CT molecular complexity index is 1420. The minimum absolute atomic E-state index is 0.208. The van der Waals surface area contributed by atoms with Crippen LogP contribution in [0.15, 0.2) is 53.9 Å². The van der Waals surface area contributed by atoms with Crippen LogP contribution in [0.1, 0.15) is 26.4 Å². The number of thiophene rings is 1. The minimum Gasteiger partial charge on any atom is -0.497 e. The Morgan fingerprint density at radius 1 is 1.06 bits per heavy atom. The number of Topliss-reactive ketones (excluding diaryl/α,β-unsaturated/α-hetero) is 1. The predicted molar refractivity (Wildman–Crippen MR) is 141 cm³/mol. The lowest BCUT2D eigenvalue weighted by Gasteiger charge is -2.12. The Morgan fingerprint density at radius 3 is 2.64 bits per heavy atom. The molecule has 4 rings (SSSR count). The lowest BCUT2D eigenvalue weighted by atomic mass is 10.1. The fourth-order valence-electron chi connectivity index (χ4n) is 3.75. The summed E-state index contributed by atoms with van der Waals surface area (Å²) in [6, 6.07) is 14.3. The van der Waals surface area contributed by atoms with Gasteiger partial charge >= 0.3 is 0 Å². The Hall–Kier alpha value is -3.95. The Balaban J connectivity index is 1.53. The fourth-order valence-corrected chi connectivity index (χ4v) is 4.80. The van der Waals surface area contributed by atoms with Crippen molar-refractivity contribution in [3.63, 3.8) is 0 Å². The molecule has 4 aromatic rings. The van der Waals surface area contributed by atoms with E-state index in [-0.39, 0.29) is 18.0 Å². The van der Waals surface area contributed by atoms with Gasteiger partial charge < -0.3 is 25.3 Å². The number of amides is 1. The lowest BCUT2D eigenvalue weighted by molar-refractivity contribution is 0.0902. The molecule has 0 aliphatic carbocycles. The number of nitrogens with two attached hydrogens (primary N) is 1. The topological polar surface area (TPSA) is 113 Å². The average Bonchev–Trinajstić information content (AvgIpc) is 3.35. The number of rotatable bonds is 10. The van der Waals surface area contributed by atoms with Gasteiger partial charge in [0.1, 0.15) is 18.1 Å². The first-order chi connectivity index (χ1) is 17.4. The van der Waals surface area contributed by atoms with E-state index in [1.807, 2.05) is 17.5 Å². The number of aromatic nitrogens is 1. The zero-order chi connectivity index (χ0) is 25.7. The highest BCUT2D eigenvalue weighted by atomic mass is 32.1. The third-order valence-electron chi connectivity index (χ3n) is 5.60. The van der Waals surface area contributed by atoms with E-state index in [4.69, 9.17) is 19.9 Å². The predicted octanol–water partition coefficient (Wildman–Crippen LogP) is 4.24. The van der Waals surface area contributed by atoms with Crippen molar-refractivity contribution >= 4 is 33.1 Å². The molecule has 0 bridgehead atoms. The molecule has 0 spiro atoms. The van der Waals surface area contributed by atoms with Crippen LogP contribution in [0.4, 0.5) is 0 Å². The molecule has 2 aromatic heterocycles. The number of benzene rings is 2. The molecule has 36 heavy (non-hydrogen) atoms. The summed E-state index contributed by atoms with van der Waals surface area (Å²) in [7, 11) is 3.03. The van der Waals surface area contributed by atoms with Gasteiger partial charge in [-0.1, -0.05) is 18.2 Å². The summed E-state index contributed by atoms with van der Waals surface area (Å²) in [5.74, 6) is 0.641. The number of carbonyl (C=O) groups is 2. The molecule has 8 nitrogen and oxygen atoms in total. The van der Waals surface area contributed by atoms with E-state index >= 15 is 0 Å². The van der Waals surface area contributed by atoms with Crippen molar-refractivity contribution in [1.29, 1.82) is 0 Å². The summed E-state index contributed by atoms with van der Waals surface area (Å²) in [4.78, 5) is 30.3. The molecule has 0 fully saturated rings. The van der Waals surface area contributed by atoms with Crippen LogP contribution in [0.2, 0.25) is 0 Å². The second-order valence-corrected chi connectivity index (χ2v) is 8.87. The second kappa shape index (κ2) is 11.2. The quantitative estimate of drug-likeness (QED) is 0.310. The van der Waals surface area contributed by atoms with E-state index in [2.05, 4.69) is 23.3 Å². The summed E-state index contributed by atoms with van der Waals surface area (Å²) >= 11 is 1.63. The van der Waals surface area contributed by atoms with Crippen LogP contribution in [0, 0.1) is 6.92 Å². The van der Waals surface area contributed by atoms with E-state index in [9.17, 15) is 9.59 Å². The first-order valence-electron chi connectivity index (χ1n) is 11.3. The summed E-state index contributed by atoms with van der Waals surface area (Å²) in [6.45, 7) is 2.52. The van der Waals surface area contributed by atoms with E-state index < -0.39 is 5.91 Å². The number of nitrogens with one attached hydrogen (secondary N) is 1. The second-order valence-electron chi connectivity index (χ2n) is 7.99. The number of ether oxygens (including phenoxy) is 3. The molecule has 186 valence electrons. The van der Waals surface area contributed by atoms with E-state index in [1.54, 1.807) is 48.8 Å². The number of carbonyl (C=O) groups excluding carboxylic acids is 2. The molecule has 3 N–H and O–H groups in total. The molecule has 1 amide bonds. The van der Waals surface area contributed by atoms with Gasteiger partial charge in [-0.25, -0.2) is 4.98 Å². The molecule has 0 unspecified atom stereocenters. The number of pyridine rings is 1. The van der Waals surface area contributed by atoms with Crippen LogP contribution in [0.25, 0.3) is 21.3 Å². The van der Waals surface area contributed by atoms with Gasteiger partial charge in [-0.3, -0.25) is 9.59 Å². The molecule has 0 aliphatic heterocycles. The number of nitrogens with zero attached hydrogens (tertiary/aromatic N) is 1. The van der Waals surface area contributed by atoms with Crippen LogP contribution < -0.4 is 25.3 Å². The summed E-state index contributed by atoms with van der Waals surface area (Å²) in [5, 5.41) is 5.76. The largest absolute Gasteiger partial charge is 0.497 e. The van der Waals surface area contributed by atoms with E-state index in [0.717, 1.165) is 10.9 Å². The first kappa shape index (κ1) is 25.2. The highest BCUT2D eigenvalue weighted by Crippen LogP contribution is 2.36. The maximum atomic E-state index is 13.0. The van der Waals surface area contributed by atoms with Crippen LogP contribution in [0.3, 0.4) is 0 Å². The van der Waals surface area contributed by atoms with Crippen molar-refractivity contribution in [3.05, 3.63) is 70.7 Å². The maximum absolute atomic E-state index is 13.0. The molecule has 2 heterocycles. The first-order valence-corrected chi connectivity index (χ1v) is 12.2. The fraction of sp³-hybridized carbons (Fsp3) is 0.222. The number of hydrogen-bond acceptors (Lipinski definition) is 8. The van der Waals surface area contributed by atoms with Gasteiger partial charge in [-0.05, 0) is 30.7 Å². The van der Waals surface area contributed by atoms with Crippen LogP contribution >= 0.6 is 11.3 Å². The van der Waals surface area contributed by atoms with Crippen LogP contribution in [0.5, 0.6) is 17.2 Å². The average molecular weight is 506 g/mol. The van der Waals surface area contributed by atoms with Crippen LogP contribution in [-0.4, -0.2) is 50.6 Å². The van der Waals surface area contributed by atoms with Gasteiger partial charge in [0, 0.05) is 45.3 Å². The van der Waals surface area contributed by atoms with Crippen molar-refractivity contribution in [2.45, 2.75) is 6.92 Å². The van der Waals surface area contributed by atoms with Crippen molar-refractivity contribution in [3.8, 4) is 28.5 Å².